The molecule has 0 radical (unpaired) electrons. The Hall–Kier alpha value is -1.67. The van der Waals surface area contributed by atoms with Crippen molar-refractivity contribution in [3.63, 3.8) is 0 Å². The van der Waals surface area contributed by atoms with E-state index in [4.69, 9.17) is 21.3 Å². The van der Waals surface area contributed by atoms with Crippen LogP contribution >= 0.6 is 0 Å². The Balaban J connectivity index is 2.66. The number of carboxylic acid groups (broad SMARTS) is 1. The number of carbonyl (C=O) groups excluding carboxylic acids is 2. The number of nitrogens with two attached hydrogens (primary N) is 2. The molecule has 2 unspecified atom stereocenters. The van der Waals surface area contributed by atoms with E-state index in [2.05, 4.69) is 5.32 Å². The molecule has 1 saturated heterocycles. The van der Waals surface area contributed by atoms with Crippen molar-refractivity contribution in [3.8, 4) is 0 Å². The van der Waals surface area contributed by atoms with E-state index in [1.165, 1.54) is 0 Å². The number of carbonyl (C=O) groups is 3. The van der Waals surface area contributed by atoms with Crippen molar-refractivity contribution in [3.05, 3.63) is 0 Å². The number of aliphatic carboxylic acids is 1. The van der Waals surface area contributed by atoms with Crippen LogP contribution in [0.2, 0.25) is 0 Å². The highest BCUT2D eigenvalue weighted by Crippen LogP contribution is 2.27. The zero-order valence-corrected chi connectivity index (χ0v) is 10.7. The lowest BCUT2D eigenvalue weighted by molar-refractivity contribution is -0.144. The van der Waals surface area contributed by atoms with Gasteiger partial charge in [-0.1, -0.05) is 0 Å². The van der Waals surface area contributed by atoms with Crippen LogP contribution in [0.1, 0.15) is 19.8 Å². The zero-order valence-electron chi connectivity index (χ0n) is 10.7. The van der Waals surface area contributed by atoms with Crippen LogP contribution < -0.4 is 16.8 Å². The van der Waals surface area contributed by atoms with Crippen molar-refractivity contribution >= 4 is 17.8 Å². The van der Waals surface area contributed by atoms with Crippen LogP contribution in [0, 0.1) is 5.41 Å². The number of hydrogen-bond acceptors (Lipinski definition) is 5. The maximum atomic E-state index is 12.1. The molecule has 0 aliphatic carbocycles. The average Bonchev–Trinajstić information content (AvgIpc) is 2.65. The fourth-order valence-corrected chi connectivity index (χ4v) is 1.79. The molecule has 0 saturated carbocycles. The van der Waals surface area contributed by atoms with Crippen molar-refractivity contribution in [1.29, 1.82) is 0 Å². The highest BCUT2D eigenvalue weighted by Gasteiger charge is 2.45. The number of carboxylic acids is 1. The van der Waals surface area contributed by atoms with E-state index in [-0.39, 0.29) is 26.1 Å². The summed E-state index contributed by atoms with van der Waals surface area (Å²) in [4.78, 5) is 33.8. The Labute approximate surface area is 110 Å². The van der Waals surface area contributed by atoms with E-state index in [1.807, 2.05) is 0 Å². The first-order chi connectivity index (χ1) is 8.77. The molecule has 1 aliphatic rings. The average molecular weight is 273 g/mol. The van der Waals surface area contributed by atoms with Crippen LogP contribution in [-0.2, 0) is 19.1 Å². The molecule has 1 heterocycles. The molecular formula is C11H19N3O5. The molecule has 0 bridgehead atoms. The molecule has 1 aliphatic heterocycles. The lowest BCUT2D eigenvalue weighted by atomic mass is 9.84. The number of ether oxygens (including phenoxy) is 1. The summed E-state index contributed by atoms with van der Waals surface area (Å²) in [6.45, 7) is 2.01. The summed E-state index contributed by atoms with van der Waals surface area (Å²) in [7, 11) is 0. The summed E-state index contributed by atoms with van der Waals surface area (Å²) in [5.74, 6) is -2.33. The molecule has 0 aromatic carbocycles. The molecular weight excluding hydrogens is 254 g/mol. The van der Waals surface area contributed by atoms with Crippen molar-refractivity contribution in [2.75, 3.05) is 13.2 Å². The van der Waals surface area contributed by atoms with Gasteiger partial charge in [0.05, 0.1) is 18.6 Å². The molecule has 2 amide bonds. The minimum atomic E-state index is -1.22. The first-order valence-corrected chi connectivity index (χ1v) is 5.92. The van der Waals surface area contributed by atoms with Gasteiger partial charge in [0.25, 0.3) is 0 Å². The Morgan fingerprint density at radius 3 is 2.58 bits per heavy atom. The molecule has 8 nitrogen and oxygen atoms in total. The summed E-state index contributed by atoms with van der Waals surface area (Å²) >= 11 is 0. The van der Waals surface area contributed by atoms with Crippen LogP contribution in [0.5, 0.6) is 0 Å². The van der Waals surface area contributed by atoms with Crippen LogP contribution in [0.25, 0.3) is 0 Å². The highest BCUT2D eigenvalue weighted by molar-refractivity contribution is 5.88. The molecule has 0 spiro atoms. The van der Waals surface area contributed by atoms with E-state index in [1.54, 1.807) is 6.92 Å². The first-order valence-electron chi connectivity index (χ1n) is 5.92. The first kappa shape index (κ1) is 15.4. The van der Waals surface area contributed by atoms with Crippen LogP contribution in [0.3, 0.4) is 0 Å². The van der Waals surface area contributed by atoms with Crippen LogP contribution in [0.4, 0.5) is 0 Å². The van der Waals surface area contributed by atoms with Crippen molar-refractivity contribution < 1.29 is 24.2 Å². The largest absolute Gasteiger partial charge is 0.480 e. The molecule has 6 N–H and O–H groups in total. The van der Waals surface area contributed by atoms with Gasteiger partial charge in [-0.05, 0) is 13.3 Å². The van der Waals surface area contributed by atoms with E-state index >= 15 is 0 Å². The Morgan fingerprint density at radius 2 is 2.16 bits per heavy atom. The van der Waals surface area contributed by atoms with Crippen molar-refractivity contribution in [2.24, 2.45) is 16.9 Å². The third kappa shape index (κ3) is 3.65. The molecule has 3 atom stereocenters. The maximum Gasteiger partial charge on any atom is 0.326 e. The second-order valence-corrected chi connectivity index (χ2v) is 4.91. The summed E-state index contributed by atoms with van der Waals surface area (Å²) in [6.07, 6.45) is -0.168. The SMILES string of the molecule is CC1(C(=O)N[C@@H](CCC(N)=O)C(=O)O)COCC1N. The van der Waals surface area contributed by atoms with Gasteiger partial charge in [0.2, 0.25) is 11.8 Å². The monoisotopic (exact) mass is 273 g/mol. The van der Waals surface area contributed by atoms with Gasteiger partial charge < -0.3 is 26.6 Å². The number of rotatable bonds is 6. The summed E-state index contributed by atoms with van der Waals surface area (Å²) < 4.78 is 5.13. The van der Waals surface area contributed by atoms with Gasteiger partial charge in [0.1, 0.15) is 6.04 Å². The fourth-order valence-electron chi connectivity index (χ4n) is 1.79. The van der Waals surface area contributed by atoms with Gasteiger partial charge >= 0.3 is 5.97 Å². The molecule has 8 heteroatoms. The number of nitrogens with one attached hydrogen (secondary N) is 1. The Morgan fingerprint density at radius 1 is 1.53 bits per heavy atom. The number of hydrogen-bond donors (Lipinski definition) is 4. The van der Waals surface area contributed by atoms with Gasteiger partial charge in [-0.3, -0.25) is 9.59 Å². The second kappa shape index (κ2) is 5.98. The lowest BCUT2D eigenvalue weighted by Crippen LogP contribution is -2.54. The standard InChI is InChI=1S/C11H19N3O5/c1-11(5-19-4-7(11)12)10(18)14-6(9(16)17)2-3-8(13)15/h6-7H,2-5,12H2,1H3,(H2,13,15)(H,14,18)(H,16,17)/t6-,7?,11?/m0/s1. The van der Waals surface area contributed by atoms with Crippen molar-refractivity contribution in [1.82, 2.24) is 5.32 Å². The molecule has 1 fully saturated rings. The molecule has 19 heavy (non-hydrogen) atoms. The molecule has 1 rings (SSSR count). The van der Waals surface area contributed by atoms with Gasteiger partial charge in [0, 0.05) is 12.5 Å². The summed E-state index contributed by atoms with van der Waals surface area (Å²) in [6, 6.07) is -1.65. The number of amides is 2. The normalized spacial score (nSPS) is 27.8. The van der Waals surface area contributed by atoms with Crippen molar-refractivity contribution in [2.45, 2.75) is 31.8 Å². The predicted octanol–water partition coefficient (Wildman–Crippen LogP) is -1.81. The summed E-state index contributed by atoms with van der Waals surface area (Å²) in [5.41, 5.74) is 9.78. The van der Waals surface area contributed by atoms with Gasteiger partial charge in [-0.25, -0.2) is 4.79 Å². The third-order valence-corrected chi connectivity index (χ3v) is 3.32. The van der Waals surface area contributed by atoms with E-state index in [0.717, 1.165) is 0 Å². The van der Waals surface area contributed by atoms with Crippen LogP contribution in [0.15, 0.2) is 0 Å². The second-order valence-electron chi connectivity index (χ2n) is 4.91. The minimum Gasteiger partial charge on any atom is -0.480 e. The van der Waals surface area contributed by atoms with Gasteiger partial charge in [-0.15, -0.1) is 0 Å². The topological polar surface area (TPSA) is 145 Å². The predicted molar refractivity (Wildman–Crippen MR) is 64.9 cm³/mol. The van der Waals surface area contributed by atoms with E-state index in [9.17, 15) is 14.4 Å². The quantitative estimate of drug-likeness (QED) is 0.448. The van der Waals surface area contributed by atoms with Gasteiger partial charge in [-0.2, -0.15) is 0 Å². The highest BCUT2D eigenvalue weighted by atomic mass is 16.5. The third-order valence-electron chi connectivity index (χ3n) is 3.32. The van der Waals surface area contributed by atoms with E-state index < -0.39 is 35.3 Å². The maximum absolute atomic E-state index is 12.1. The lowest BCUT2D eigenvalue weighted by Gasteiger charge is -2.27. The van der Waals surface area contributed by atoms with Gasteiger partial charge in [0.15, 0.2) is 0 Å². The Bertz CT molecular complexity index is 387. The zero-order chi connectivity index (χ0) is 14.6. The minimum absolute atomic E-state index is 0.0530. The van der Waals surface area contributed by atoms with E-state index in [0.29, 0.717) is 0 Å². The fraction of sp³-hybridized carbons (Fsp3) is 0.727. The number of primary amides is 1. The van der Waals surface area contributed by atoms with Crippen LogP contribution in [-0.4, -0.2) is 48.2 Å². The smallest absolute Gasteiger partial charge is 0.326 e. The molecule has 0 aromatic heterocycles. The summed E-state index contributed by atoms with van der Waals surface area (Å²) in [5, 5.41) is 11.4. The Kier molecular flexibility index (Phi) is 4.84. The molecule has 0 aromatic rings. The molecule has 108 valence electrons.